The number of hydrogen-bond donors (Lipinski definition) is 4. The highest BCUT2D eigenvalue weighted by Gasteiger charge is 2.26. The lowest BCUT2D eigenvalue weighted by Gasteiger charge is -2.20. The average molecular weight is 553 g/mol. The lowest BCUT2D eigenvalue weighted by Crippen LogP contribution is -2.52. The topological polar surface area (TPSA) is 156 Å². The Balaban J connectivity index is 1.86. The third kappa shape index (κ3) is 8.71. The molecule has 0 radical (unpaired) electrons. The van der Waals surface area contributed by atoms with E-state index < -0.39 is 41.7 Å². The Morgan fingerprint density at radius 2 is 1.74 bits per heavy atom. The van der Waals surface area contributed by atoms with Gasteiger partial charge in [0.2, 0.25) is 11.8 Å². The van der Waals surface area contributed by atoms with Gasteiger partial charge in [-0.05, 0) is 51.5 Å². The van der Waals surface area contributed by atoms with Gasteiger partial charge in [0.1, 0.15) is 17.8 Å². The molecule has 0 unspecified atom stereocenters. The molecular formula is C23H29BrN4O7. The number of aromatic nitrogens is 1. The molecule has 0 aliphatic heterocycles. The van der Waals surface area contributed by atoms with Gasteiger partial charge in [-0.15, -0.1) is 0 Å². The van der Waals surface area contributed by atoms with Crippen molar-refractivity contribution >= 4 is 56.5 Å². The van der Waals surface area contributed by atoms with Gasteiger partial charge < -0.3 is 30.4 Å². The smallest absolute Gasteiger partial charge is 0.328 e. The summed E-state index contributed by atoms with van der Waals surface area (Å²) in [4.78, 5) is 63.9. The van der Waals surface area contributed by atoms with Crippen LogP contribution in [-0.2, 0) is 28.7 Å². The molecule has 0 aliphatic carbocycles. The van der Waals surface area contributed by atoms with Crippen LogP contribution in [-0.4, -0.2) is 66.5 Å². The zero-order valence-electron chi connectivity index (χ0n) is 19.7. The van der Waals surface area contributed by atoms with Gasteiger partial charge in [0.15, 0.2) is 0 Å². The molecule has 0 bridgehead atoms. The Hall–Kier alpha value is -3.41. The number of nitrogens with one attached hydrogen (secondary N) is 4. The van der Waals surface area contributed by atoms with Gasteiger partial charge in [-0.2, -0.15) is 0 Å². The van der Waals surface area contributed by atoms with Crippen LogP contribution in [0, 0.1) is 0 Å². The minimum Gasteiger partial charge on any atom is -0.466 e. The second-order valence-corrected chi connectivity index (χ2v) is 8.46. The molecule has 0 saturated heterocycles. The summed E-state index contributed by atoms with van der Waals surface area (Å²) in [5, 5.41) is 8.26. The van der Waals surface area contributed by atoms with Crippen LogP contribution in [0.25, 0.3) is 10.9 Å². The van der Waals surface area contributed by atoms with Crippen molar-refractivity contribution in [3.8, 4) is 0 Å². The molecule has 11 nitrogen and oxygen atoms in total. The molecule has 0 spiro atoms. The normalized spacial score (nSPS) is 12.3. The largest absolute Gasteiger partial charge is 0.466 e. The molecule has 0 fully saturated rings. The van der Waals surface area contributed by atoms with Gasteiger partial charge in [-0.25, -0.2) is 4.79 Å². The lowest BCUT2D eigenvalue weighted by atomic mass is 10.1. The zero-order chi connectivity index (χ0) is 26.0. The summed E-state index contributed by atoms with van der Waals surface area (Å²) in [6.07, 6.45) is -0.101. The second-order valence-electron chi connectivity index (χ2n) is 7.54. The lowest BCUT2D eigenvalue weighted by molar-refractivity contribution is -0.149. The number of carbonyl (C=O) groups is 5. The first kappa shape index (κ1) is 27.8. The van der Waals surface area contributed by atoms with Crippen molar-refractivity contribution in [3.63, 3.8) is 0 Å². The van der Waals surface area contributed by atoms with Gasteiger partial charge in [-0.1, -0.05) is 15.9 Å². The van der Waals surface area contributed by atoms with Crippen molar-refractivity contribution in [2.45, 2.75) is 45.7 Å². The Bertz CT molecular complexity index is 1090. The molecule has 12 heteroatoms. The quantitative estimate of drug-likeness (QED) is 0.291. The summed E-state index contributed by atoms with van der Waals surface area (Å²) in [7, 11) is 0. The molecule has 190 valence electrons. The maximum absolute atomic E-state index is 12.5. The van der Waals surface area contributed by atoms with Crippen LogP contribution in [0.4, 0.5) is 0 Å². The molecule has 1 heterocycles. The fourth-order valence-electron chi connectivity index (χ4n) is 3.12. The van der Waals surface area contributed by atoms with E-state index in [2.05, 4.69) is 36.9 Å². The number of fused-ring (bicyclic) bond motifs is 1. The fraction of sp³-hybridized carbons (Fsp3) is 0.435. The molecule has 35 heavy (non-hydrogen) atoms. The molecular weight excluding hydrogens is 524 g/mol. The average Bonchev–Trinajstić information content (AvgIpc) is 3.23. The molecule has 2 atom stereocenters. The number of hydrogen-bond acceptors (Lipinski definition) is 7. The van der Waals surface area contributed by atoms with Gasteiger partial charge in [-0.3, -0.25) is 19.2 Å². The van der Waals surface area contributed by atoms with Crippen molar-refractivity contribution in [2.75, 3.05) is 19.8 Å². The van der Waals surface area contributed by atoms with Crippen LogP contribution in [0.5, 0.6) is 0 Å². The van der Waals surface area contributed by atoms with Gasteiger partial charge in [0.05, 0.1) is 19.8 Å². The number of halogens is 1. The third-order valence-electron chi connectivity index (χ3n) is 4.84. The van der Waals surface area contributed by atoms with E-state index in [1.807, 2.05) is 18.2 Å². The van der Waals surface area contributed by atoms with Crippen LogP contribution in [0.3, 0.4) is 0 Å². The number of aromatic amines is 1. The highest BCUT2D eigenvalue weighted by Crippen LogP contribution is 2.20. The number of benzene rings is 1. The number of rotatable bonds is 12. The summed E-state index contributed by atoms with van der Waals surface area (Å²) in [5.74, 6) is -2.92. The summed E-state index contributed by atoms with van der Waals surface area (Å²) in [5.41, 5.74) is 1.06. The number of amides is 3. The monoisotopic (exact) mass is 552 g/mol. The minimum absolute atomic E-state index is 0.0127. The Morgan fingerprint density at radius 3 is 2.43 bits per heavy atom. The molecule has 0 aliphatic rings. The molecule has 3 amide bonds. The maximum atomic E-state index is 12.5. The summed E-state index contributed by atoms with van der Waals surface area (Å²) in [6, 6.07) is 5.09. The highest BCUT2D eigenvalue weighted by molar-refractivity contribution is 9.10. The number of esters is 2. The predicted molar refractivity (Wildman–Crippen MR) is 130 cm³/mol. The first-order chi connectivity index (χ1) is 16.6. The highest BCUT2D eigenvalue weighted by atomic mass is 79.9. The molecule has 4 N–H and O–H groups in total. The summed E-state index contributed by atoms with van der Waals surface area (Å²) >= 11 is 3.37. The van der Waals surface area contributed by atoms with E-state index in [1.165, 1.54) is 6.92 Å². The molecule has 1 aromatic carbocycles. The number of carbonyl (C=O) groups excluding carboxylic acids is 5. The Kier molecular flexibility index (Phi) is 10.7. The van der Waals surface area contributed by atoms with Crippen molar-refractivity contribution in [3.05, 3.63) is 34.4 Å². The standard InChI is InChI=1S/C23H29BrN4O7/c1-4-34-20(30)9-8-17(23(33)35-5-2)28-21(31)13(3)26-19(29)12-25-22(32)18-11-14-10-15(24)6-7-16(14)27-18/h6-7,10-11,13,17,27H,4-5,8-9,12H2,1-3H3,(H,25,32)(H,26,29)(H,28,31)/t13-,17+/m0/s1. The van der Waals surface area contributed by atoms with E-state index in [1.54, 1.807) is 19.9 Å². The van der Waals surface area contributed by atoms with E-state index in [-0.39, 0.29) is 38.3 Å². The van der Waals surface area contributed by atoms with Crippen LogP contribution in [0.15, 0.2) is 28.7 Å². The van der Waals surface area contributed by atoms with Crippen molar-refractivity contribution in [1.82, 2.24) is 20.9 Å². The first-order valence-corrected chi connectivity index (χ1v) is 11.9. The van der Waals surface area contributed by atoms with E-state index in [0.29, 0.717) is 0 Å². The summed E-state index contributed by atoms with van der Waals surface area (Å²) < 4.78 is 10.7. The minimum atomic E-state index is -1.08. The van der Waals surface area contributed by atoms with Crippen molar-refractivity contribution in [2.24, 2.45) is 0 Å². The zero-order valence-corrected chi connectivity index (χ0v) is 21.3. The van der Waals surface area contributed by atoms with Crippen LogP contribution in [0.2, 0.25) is 0 Å². The molecule has 2 rings (SSSR count). The van der Waals surface area contributed by atoms with Gasteiger partial charge in [0, 0.05) is 21.8 Å². The number of ether oxygens (including phenoxy) is 2. The number of H-pyrrole nitrogens is 1. The predicted octanol–water partition coefficient (Wildman–Crippen LogP) is 1.56. The van der Waals surface area contributed by atoms with Crippen molar-refractivity contribution < 1.29 is 33.4 Å². The van der Waals surface area contributed by atoms with Crippen LogP contribution >= 0.6 is 15.9 Å². The third-order valence-corrected chi connectivity index (χ3v) is 5.33. The summed E-state index contributed by atoms with van der Waals surface area (Å²) in [6.45, 7) is 4.65. The van der Waals surface area contributed by atoms with Crippen LogP contribution in [0.1, 0.15) is 44.1 Å². The molecule has 1 aromatic heterocycles. The SMILES string of the molecule is CCOC(=O)CC[C@@H](NC(=O)[C@H](C)NC(=O)CNC(=O)c1cc2cc(Br)ccc2[nH]1)C(=O)OCC. The van der Waals surface area contributed by atoms with Crippen molar-refractivity contribution in [1.29, 1.82) is 0 Å². The Morgan fingerprint density at radius 1 is 1.03 bits per heavy atom. The van der Waals surface area contributed by atoms with E-state index in [0.717, 1.165) is 15.4 Å². The van der Waals surface area contributed by atoms with E-state index >= 15 is 0 Å². The maximum Gasteiger partial charge on any atom is 0.328 e. The molecule has 2 aromatic rings. The first-order valence-electron chi connectivity index (χ1n) is 11.1. The van der Waals surface area contributed by atoms with E-state index in [9.17, 15) is 24.0 Å². The van der Waals surface area contributed by atoms with Gasteiger partial charge >= 0.3 is 11.9 Å². The van der Waals surface area contributed by atoms with E-state index in [4.69, 9.17) is 9.47 Å². The van der Waals surface area contributed by atoms with Gasteiger partial charge in [0.25, 0.3) is 5.91 Å². The molecule has 0 saturated carbocycles. The van der Waals surface area contributed by atoms with Crippen LogP contribution < -0.4 is 16.0 Å². The fourth-order valence-corrected chi connectivity index (χ4v) is 3.50. The second kappa shape index (κ2) is 13.5. The Labute approximate surface area is 210 Å².